The molecule has 0 saturated carbocycles. The number of halogens is 1. The fourth-order valence-corrected chi connectivity index (χ4v) is 1.72. The summed E-state index contributed by atoms with van der Waals surface area (Å²) in [5.74, 6) is -1.86. The summed E-state index contributed by atoms with van der Waals surface area (Å²) in [6, 6.07) is 7.05. The van der Waals surface area contributed by atoms with Crippen LogP contribution in [0.5, 0.6) is 11.8 Å². The quantitative estimate of drug-likeness (QED) is 0.645. The summed E-state index contributed by atoms with van der Waals surface area (Å²) in [5, 5.41) is 2.32. The molecule has 0 aliphatic carbocycles. The van der Waals surface area contributed by atoms with Crippen LogP contribution in [0.2, 0.25) is 0 Å². The van der Waals surface area contributed by atoms with Crippen molar-refractivity contribution in [1.82, 2.24) is 9.97 Å². The number of carbonyl (C=O) groups is 2. The minimum atomic E-state index is -0.675. The van der Waals surface area contributed by atoms with E-state index in [0.717, 1.165) is 0 Å². The smallest absolute Gasteiger partial charge is 0.232 e. The Labute approximate surface area is 131 Å². The number of hydrogen-bond acceptors (Lipinski definition) is 6. The maximum atomic E-state index is 13.5. The second-order valence-electron chi connectivity index (χ2n) is 4.40. The van der Waals surface area contributed by atoms with Crippen molar-refractivity contribution in [2.45, 2.75) is 6.42 Å². The number of nitrogens with one attached hydrogen (secondary N) is 1. The van der Waals surface area contributed by atoms with Gasteiger partial charge in [-0.3, -0.25) is 9.59 Å². The van der Waals surface area contributed by atoms with Gasteiger partial charge in [0.15, 0.2) is 0 Å². The molecule has 0 bridgehead atoms. The number of aromatic nitrogens is 2. The van der Waals surface area contributed by atoms with E-state index in [0.29, 0.717) is 0 Å². The van der Waals surface area contributed by atoms with Gasteiger partial charge in [-0.1, -0.05) is 12.1 Å². The number of nitrogens with zero attached hydrogens (tertiary/aromatic N) is 2. The van der Waals surface area contributed by atoms with Gasteiger partial charge in [0.25, 0.3) is 0 Å². The average Bonchev–Trinajstić information content (AvgIpc) is 2.56. The molecule has 0 radical (unpaired) electrons. The highest BCUT2D eigenvalue weighted by molar-refractivity contribution is 6.09. The van der Waals surface area contributed by atoms with Crippen LogP contribution >= 0.6 is 0 Å². The van der Waals surface area contributed by atoms with Gasteiger partial charge < -0.3 is 14.8 Å². The number of benzene rings is 1. The summed E-state index contributed by atoms with van der Waals surface area (Å²) >= 11 is 0. The fraction of sp³-hybridized carbons (Fsp3) is 0.200. The van der Waals surface area contributed by atoms with Crippen molar-refractivity contribution in [2.24, 2.45) is 0 Å². The highest BCUT2D eigenvalue weighted by Gasteiger charge is 2.18. The van der Waals surface area contributed by atoms with Gasteiger partial charge >= 0.3 is 0 Å². The number of anilines is 1. The zero-order valence-electron chi connectivity index (χ0n) is 12.5. The predicted octanol–water partition coefficient (Wildman–Crippen LogP) is 1.84. The molecule has 0 saturated heterocycles. The molecule has 0 atom stereocenters. The van der Waals surface area contributed by atoms with Gasteiger partial charge in [0, 0.05) is 0 Å². The minimum absolute atomic E-state index is 0.00515. The lowest BCUT2D eigenvalue weighted by Gasteiger charge is -2.07. The average molecular weight is 319 g/mol. The van der Waals surface area contributed by atoms with Crippen molar-refractivity contribution in [3.05, 3.63) is 42.0 Å². The van der Waals surface area contributed by atoms with Crippen LogP contribution < -0.4 is 14.8 Å². The third-order valence-corrected chi connectivity index (χ3v) is 2.82. The van der Waals surface area contributed by atoms with Gasteiger partial charge in [0.05, 0.1) is 32.4 Å². The van der Waals surface area contributed by atoms with Gasteiger partial charge in [0.2, 0.25) is 29.3 Å². The van der Waals surface area contributed by atoms with Crippen LogP contribution in [0.4, 0.5) is 10.1 Å². The first kappa shape index (κ1) is 16.3. The molecule has 2 rings (SSSR count). The number of amides is 1. The third-order valence-electron chi connectivity index (χ3n) is 2.82. The first-order valence-corrected chi connectivity index (χ1v) is 6.58. The van der Waals surface area contributed by atoms with Gasteiger partial charge in [-0.05, 0) is 12.1 Å². The molecule has 8 heteroatoms. The Morgan fingerprint density at radius 3 is 2.30 bits per heavy atom. The molecule has 1 aromatic carbocycles. The number of methoxy groups -OCH3 is 2. The fourth-order valence-electron chi connectivity index (χ4n) is 1.72. The summed E-state index contributed by atoms with van der Waals surface area (Å²) in [4.78, 5) is 31.6. The summed E-state index contributed by atoms with van der Waals surface area (Å²) in [7, 11) is 2.75. The predicted molar refractivity (Wildman–Crippen MR) is 79.1 cm³/mol. The molecule has 1 aromatic heterocycles. The molecule has 2 aromatic rings. The number of hydrogen-bond donors (Lipinski definition) is 1. The maximum Gasteiger partial charge on any atom is 0.232 e. The molecule has 0 aliphatic heterocycles. The van der Waals surface area contributed by atoms with Gasteiger partial charge in [-0.2, -0.15) is 9.97 Å². The van der Waals surface area contributed by atoms with Gasteiger partial charge in [-0.15, -0.1) is 0 Å². The Balaban J connectivity index is 2.09. The van der Waals surface area contributed by atoms with Crippen LogP contribution in [0.15, 0.2) is 30.3 Å². The third kappa shape index (κ3) is 4.22. The zero-order chi connectivity index (χ0) is 16.8. The van der Waals surface area contributed by atoms with Crippen LogP contribution in [0.1, 0.15) is 17.0 Å². The van der Waals surface area contributed by atoms with Crippen molar-refractivity contribution in [3.8, 4) is 11.8 Å². The summed E-state index contributed by atoms with van der Waals surface area (Å²) in [5.41, 5.74) is -0.00515. The highest BCUT2D eigenvalue weighted by Crippen LogP contribution is 2.16. The Kier molecular flexibility index (Phi) is 5.19. The van der Waals surface area contributed by atoms with Crippen molar-refractivity contribution < 1.29 is 23.5 Å². The Bertz CT molecular complexity index is 714. The molecule has 0 unspecified atom stereocenters. The second-order valence-corrected chi connectivity index (χ2v) is 4.40. The lowest BCUT2D eigenvalue weighted by Crippen LogP contribution is -2.19. The number of carbonyl (C=O) groups excluding carboxylic acids is 2. The molecule has 1 N–H and O–H groups in total. The first-order chi connectivity index (χ1) is 11.0. The Hall–Kier alpha value is -3.03. The summed E-state index contributed by atoms with van der Waals surface area (Å²) in [6.07, 6.45) is -0.537. The SMILES string of the molecule is COc1cc(OC)nc(C(=O)CC(=O)Nc2ccccc2F)n1. The van der Waals surface area contributed by atoms with Crippen molar-refractivity contribution in [2.75, 3.05) is 19.5 Å². The highest BCUT2D eigenvalue weighted by atomic mass is 19.1. The molecular formula is C15H14FN3O4. The molecule has 1 amide bonds. The number of para-hydroxylation sites is 1. The summed E-state index contributed by atoms with van der Waals surface area (Å²) < 4.78 is 23.3. The van der Waals surface area contributed by atoms with E-state index in [2.05, 4.69) is 15.3 Å². The molecule has 120 valence electrons. The van der Waals surface area contributed by atoms with E-state index in [1.165, 1.54) is 38.5 Å². The molecule has 23 heavy (non-hydrogen) atoms. The normalized spacial score (nSPS) is 10.0. The van der Waals surface area contributed by atoms with E-state index in [9.17, 15) is 14.0 Å². The molecular weight excluding hydrogens is 305 g/mol. The lowest BCUT2D eigenvalue weighted by molar-refractivity contribution is -0.115. The lowest BCUT2D eigenvalue weighted by atomic mass is 10.2. The first-order valence-electron chi connectivity index (χ1n) is 6.58. The van der Waals surface area contributed by atoms with Gasteiger partial charge in [-0.25, -0.2) is 4.39 Å². The van der Waals surface area contributed by atoms with Crippen molar-refractivity contribution >= 4 is 17.4 Å². The zero-order valence-corrected chi connectivity index (χ0v) is 12.5. The molecule has 1 heterocycles. The largest absolute Gasteiger partial charge is 0.481 e. The Morgan fingerprint density at radius 2 is 1.74 bits per heavy atom. The topological polar surface area (TPSA) is 90.4 Å². The summed E-state index contributed by atoms with van der Waals surface area (Å²) in [6.45, 7) is 0. The van der Waals surface area contributed by atoms with E-state index in [1.807, 2.05) is 0 Å². The monoisotopic (exact) mass is 319 g/mol. The molecule has 0 fully saturated rings. The number of ether oxygens (including phenoxy) is 2. The minimum Gasteiger partial charge on any atom is -0.481 e. The molecule has 0 aliphatic rings. The van der Waals surface area contributed by atoms with E-state index in [1.54, 1.807) is 6.07 Å². The van der Waals surface area contributed by atoms with E-state index in [-0.39, 0.29) is 23.3 Å². The van der Waals surface area contributed by atoms with Crippen LogP contribution in [0, 0.1) is 5.82 Å². The van der Waals surface area contributed by atoms with E-state index >= 15 is 0 Å². The maximum absolute atomic E-state index is 13.5. The molecule has 0 spiro atoms. The number of ketones is 1. The molecule has 7 nitrogen and oxygen atoms in total. The van der Waals surface area contributed by atoms with E-state index in [4.69, 9.17) is 9.47 Å². The standard InChI is InChI=1S/C15H14FN3O4/c1-22-13-8-14(23-2)19-15(18-13)11(20)7-12(21)17-10-6-4-3-5-9(10)16/h3-6,8H,7H2,1-2H3,(H,17,21). The second kappa shape index (κ2) is 7.30. The van der Waals surface area contributed by atoms with E-state index < -0.39 is 23.9 Å². The van der Waals surface area contributed by atoms with Crippen molar-refractivity contribution in [3.63, 3.8) is 0 Å². The number of Topliss-reactive ketones (excluding diaryl/α,β-unsaturated/α-hetero) is 1. The van der Waals surface area contributed by atoms with Crippen LogP contribution in [-0.4, -0.2) is 35.9 Å². The van der Waals surface area contributed by atoms with Crippen LogP contribution in [0.3, 0.4) is 0 Å². The van der Waals surface area contributed by atoms with Crippen molar-refractivity contribution in [1.29, 1.82) is 0 Å². The number of rotatable bonds is 6. The van der Waals surface area contributed by atoms with Crippen LogP contribution in [0.25, 0.3) is 0 Å². The van der Waals surface area contributed by atoms with Gasteiger partial charge in [0.1, 0.15) is 5.82 Å². The van der Waals surface area contributed by atoms with Crippen LogP contribution in [-0.2, 0) is 4.79 Å². The Morgan fingerprint density at radius 1 is 1.13 bits per heavy atom.